The topological polar surface area (TPSA) is 94.8 Å². The Kier molecular flexibility index (Phi) is 5.04. The molecule has 0 aliphatic carbocycles. The molecule has 0 bridgehead atoms. The van der Waals surface area contributed by atoms with E-state index in [2.05, 4.69) is 14.8 Å². The van der Waals surface area contributed by atoms with Crippen molar-refractivity contribution in [3.8, 4) is 22.9 Å². The highest BCUT2D eigenvalue weighted by molar-refractivity contribution is 7.92. The van der Waals surface area contributed by atoms with E-state index in [1.165, 1.54) is 7.11 Å². The Morgan fingerprint density at radius 1 is 0.967 bits per heavy atom. The van der Waals surface area contributed by atoms with E-state index in [1.54, 1.807) is 66.4 Å². The smallest absolute Gasteiger partial charge is 0.265 e. The van der Waals surface area contributed by atoms with E-state index in [-0.39, 0.29) is 10.6 Å². The molecule has 8 nitrogen and oxygen atoms in total. The Balaban J connectivity index is 1.60. The van der Waals surface area contributed by atoms with Crippen LogP contribution in [0, 0.1) is 6.92 Å². The summed E-state index contributed by atoms with van der Waals surface area (Å²) in [6.45, 7) is 1.83. The van der Waals surface area contributed by atoms with Gasteiger partial charge < -0.3 is 9.47 Å². The van der Waals surface area contributed by atoms with Crippen molar-refractivity contribution in [2.75, 3.05) is 18.9 Å². The fraction of sp³-hybridized carbons (Fsp3) is 0.143. The molecule has 0 amide bonds. The van der Waals surface area contributed by atoms with Gasteiger partial charge in [0, 0.05) is 17.3 Å². The van der Waals surface area contributed by atoms with Crippen LogP contribution in [0.4, 0.5) is 5.69 Å². The highest BCUT2D eigenvalue weighted by atomic mass is 32.2. The fourth-order valence-electron chi connectivity index (χ4n) is 3.03. The predicted octanol–water partition coefficient (Wildman–Crippen LogP) is 3.52. The van der Waals surface area contributed by atoms with Crippen LogP contribution < -0.4 is 14.2 Å². The van der Waals surface area contributed by atoms with Gasteiger partial charge >= 0.3 is 0 Å². The molecule has 0 saturated carbocycles. The number of sulfonamides is 1. The molecule has 4 rings (SSSR count). The highest BCUT2D eigenvalue weighted by Gasteiger charge is 2.20. The molecular weight excluding hydrogens is 404 g/mol. The average Bonchev–Trinajstić information content (AvgIpc) is 3.17. The maximum absolute atomic E-state index is 12.8. The second-order valence-corrected chi connectivity index (χ2v) is 8.29. The maximum atomic E-state index is 12.8. The summed E-state index contributed by atoms with van der Waals surface area (Å²) >= 11 is 0. The maximum Gasteiger partial charge on any atom is 0.265 e. The molecule has 0 saturated heterocycles. The van der Waals surface area contributed by atoms with Crippen molar-refractivity contribution in [2.24, 2.45) is 0 Å². The number of nitrogens with zero attached hydrogens (tertiary/aromatic N) is 3. The third-order valence-electron chi connectivity index (χ3n) is 4.55. The first-order valence-corrected chi connectivity index (χ1v) is 10.6. The minimum Gasteiger partial charge on any atom is -0.495 e. The second kappa shape index (κ2) is 7.68. The number of fused-ring (bicyclic) bond motifs is 1. The molecule has 4 aromatic rings. The Bertz CT molecular complexity index is 1310. The van der Waals surface area contributed by atoms with Crippen LogP contribution in [0.3, 0.4) is 0 Å². The van der Waals surface area contributed by atoms with Gasteiger partial charge in [0.05, 0.1) is 26.1 Å². The number of anilines is 1. The van der Waals surface area contributed by atoms with E-state index in [1.807, 2.05) is 13.0 Å². The van der Waals surface area contributed by atoms with E-state index < -0.39 is 10.0 Å². The molecule has 30 heavy (non-hydrogen) atoms. The molecular formula is C21H20N4O4S. The highest BCUT2D eigenvalue weighted by Crippen LogP contribution is 2.28. The Morgan fingerprint density at radius 2 is 1.73 bits per heavy atom. The summed E-state index contributed by atoms with van der Waals surface area (Å²) in [5.41, 5.74) is 3.48. The number of benzene rings is 2. The number of nitrogens with one attached hydrogen (secondary N) is 1. The van der Waals surface area contributed by atoms with Gasteiger partial charge in [0.25, 0.3) is 10.0 Å². The van der Waals surface area contributed by atoms with E-state index in [9.17, 15) is 8.42 Å². The van der Waals surface area contributed by atoms with Crippen LogP contribution in [0.25, 0.3) is 16.9 Å². The van der Waals surface area contributed by atoms with Crippen LogP contribution in [0.5, 0.6) is 11.6 Å². The van der Waals surface area contributed by atoms with Gasteiger partial charge in [-0.05, 0) is 42.8 Å². The fourth-order valence-corrected chi connectivity index (χ4v) is 4.34. The van der Waals surface area contributed by atoms with Gasteiger partial charge in [0.1, 0.15) is 10.6 Å². The molecule has 0 atom stereocenters. The summed E-state index contributed by atoms with van der Waals surface area (Å²) < 4.78 is 40.2. The average molecular weight is 424 g/mol. The second-order valence-electron chi connectivity index (χ2n) is 6.64. The van der Waals surface area contributed by atoms with Crippen molar-refractivity contribution < 1.29 is 17.9 Å². The predicted molar refractivity (Wildman–Crippen MR) is 114 cm³/mol. The first kappa shape index (κ1) is 19.7. The Hall–Kier alpha value is -3.59. The van der Waals surface area contributed by atoms with E-state index >= 15 is 0 Å². The Morgan fingerprint density at radius 3 is 2.43 bits per heavy atom. The van der Waals surface area contributed by atoms with Crippen LogP contribution in [0.2, 0.25) is 0 Å². The van der Waals surface area contributed by atoms with Gasteiger partial charge in [-0.15, -0.1) is 5.10 Å². The first-order valence-electron chi connectivity index (χ1n) is 9.08. The molecule has 154 valence electrons. The normalized spacial score (nSPS) is 11.4. The van der Waals surface area contributed by atoms with Crippen LogP contribution in [-0.4, -0.2) is 37.2 Å². The lowest BCUT2D eigenvalue weighted by atomic mass is 10.1. The zero-order valence-corrected chi connectivity index (χ0v) is 17.5. The summed E-state index contributed by atoms with van der Waals surface area (Å²) in [4.78, 5) is 4.62. The summed E-state index contributed by atoms with van der Waals surface area (Å²) in [6.07, 6.45) is 1.79. The minimum absolute atomic E-state index is 0.0921. The van der Waals surface area contributed by atoms with Crippen LogP contribution >= 0.6 is 0 Å². The Labute approximate surface area is 174 Å². The van der Waals surface area contributed by atoms with Crippen LogP contribution in [0.1, 0.15) is 5.56 Å². The quantitative estimate of drug-likeness (QED) is 0.509. The number of aromatic nitrogens is 3. The molecule has 0 radical (unpaired) electrons. The molecule has 2 aromatic heterocycles. The number of rotatable bonds is 6. The van der Waals surface area contributed by atoms with Crippen molar-refractivity contribution in [1.29, 1.82) is 0 Å². The van der Waals surface area contributed by atoms with Gasteiger partial charge in [-0.2, -0.15) is 0 Å². The number of ether oxygens (including phenoxy) is 2. The van der Waals surface area contributed by atoms with Crippen LogP contribution in [0.15, 0.2) is 65.7 Å². The van der Waals surface area contributed by atoms with Gasteiger partial charge in [-0.3, -0.25) is 4.72 Å². The summed E-state index contributed by atoms with van der Waals surface area (Å²) in [6, 6.07) is 15.5. The largest absolute Gasteiger partial charge is 0.495 e. The summed E-state index contributed by atoms with van der Waals surface area (Å²) in [5.74, 6) is 0.778. The molecule has 0 aliphatic heterocycles. The monoisotopic (exact) mass is 424 g/mol. The number of imidazole rings is 1. The van der Waals surface area contributed by atoms with Crippen molar-refractivity contribution >= 4 is 21.4 Å². The third-order valence-corrected chi connectivity index (χ3v) is 5.95. The summed E-state index contributed by atoms with van der Waals surface area (Å²) in [5, 5.41) is 4.29. The molecule has 9 heteroatoms. The molecule has 1 N–H and O–H groups in total. The number of aryl methyl sites for hydroxylation is 1. The van der Waals surface area contributed by atoms with Crippen molar-refractivity contribution in [3.63, 3.8) is 0 Å². The SMILES string of the molecule is COc1ccc2nc(-c3ccc(NS(=O)(=O)c4cc(C)ccc4OC)cc3)cn2n1. The van der Waals surface area contributed by atoms with Crippen molar-refractivity contribution in [3.05, 3.63) is 66.4 Å². The molecule has 0 unspecified atom stereocenters. The van der Waals surface area contributed by atoms with Gasteiger partial charge in [-0.25, -0.2) is 17.9 Å². The number of methoxy groups -OCH3 is 2. The van der Waals surface area contributed by atoms with Gasteiger partial charge in [-0.1, -0.05) is 18.2 Å². The molecule has 2 heterocycles. The molecule has 0 fully saturated rings. The molecule has 0 spiro atoms. The molecule has 0 aliphatic rings. The van der Waals surface area contributed by atoms with Gasteiger partial charge in [0.2, 0.25) is 5.88 Å². The minimum atomic E-state index is -3.80. The molecule has 2 aromatic carbocycles. The number of hydrogen-bond acceptors (Lipinski definition) is 6. The zero-order chi connectivity index (χ0) is 21.3. The van der Waals surface area contributed by atoms with Crippen molar-refractivity contribution in [1.82, 2.24) is 14.6 Å². The summed E-state index contributed by atoms with van der Waals surface area (Å²) in [7, 11) is -0.807. The first-order chi connectivity index (χ1) is 14.4. The lowest BCUT2D eigenvalue weighted by Gasteiger charge is -2.12. The zero-order valence-electron chi connectivity index (χ0n) is 16.7. The lowest BCUT2D eigenvalue weighted by Crippen LogP contribution is -2.14. The van der Waals surface area contributed by atoms with Gasteiger partial charge in [0.15, 0.2) is 5.65 Å². The third kappa shape index (κ3) is 3.79. The van der Waals surface area contributed by atoms with Crippen molar-refractivity contribution in [2.45, 2.75) is 11.8 Å². The number of hydrogen-bond donors (Lipinski definition) is 1. The van der Waals surface area contributed by atoms with E-state index in [4.69, 9.17) is 9.47 Å². The lowest BCUT2D eigenvalue weighted by molar-refractivity contribution is 0.390. The van der Waals surface area contributed by atoms with E-state index in [0.717, 1.165) is 11.1 Å². The van der Waals surface area contributed by atoms with Crippen LogP contribution in [-0.2, 0) is 10.0 Å². The standard InChI is InChI=1S/C21H20N4O4S/c1-14-4-9-18(28-2)19(12-14)30(26,27)24-16-7-5-15(6-8-16)17-13-25-20(22-17)10-11-21(23-25)29-3/h4-13,24H,1-3H3. The van der Waals surface area contributed by atoms with E-state index in [0.29, 0.717) is 22.9 Å².